The molecule has 2 aromatic rings. The molecule has 0 atom stereocenters. The Hall–Kier alpha value is -2.89. The van der Waals surface area contributed by atoms with Gasteiger partial charge < -0.3 is 15.2 Å². The molecule has 0 bridgehead atoms. The van der Waals surface area contributed by atoms with Crippen LogP contribution in [0.1, 0.15) is 37.8 Å². The molecule has 2 rings (SSSR count). The van der Waals surface area contributed by atoms with Crippen LogP contribution in [-0.4, -0.2) is 28.5 Å². The lowest BCUT2D eigenvalue weighted by molar-refractivity contribution is -0.149. The first kappa shape index (κ1) is 20.4. The van der Waals surface area contributed by atoms with E-state index in [0.717, 1.165) is 11.1 Å². The molecule has 6 nitrogen and oxygen atoms in total. The lowest BCUT2D eigenvalue weighted by atomic mass is 9.82. The zero-order valence-corrected chi connectivity index (χ0v) is 15.8. The minimum atomic E-state index is -0.912. The van der Waals surface area contributed by atoms with Crippen molar-refractivity contribution in [2.45, 2.75) is 39.7 Å². The first-order chi connectivity index (χ1) is 13.0. The number of aromatic nitrogens is 1. The number of ether oxygens (including phenoxy) is 1. The largest absolute Gasteiger partial charge is 0.489 e. The van der Waals surface area contributed by atoms with Crippen molar-refractivity contribution in [3.8, 4) is 5.75 Å². The maximum absolute atomic E-state index is 12.3. The van der Waals surface area contributed by atoms with Gasteiger partial charge in [-0.25, -0.2) is 0 Å². The van der Waals surface area contributed by atoms with E-state index >= 15 is 0 Å². The van der Waals surface area contributed by atoms with Gasteiger partial charge in [0.15, 0.2) is 0 Å². The Balaban J connectivity index is 1.91. The van der Waals surface area contributed by atoms with Crippen molar-refractivity contribution < 1.29 is 19.4 Å². The van der Waals surface area contributed by atoms with Gasteiger partial charge in [-0.1, -0.05) is 32.0 Å². The van der Waals surface area contributed by atoms with E-state index in [1.165, 1.54) is 0 Å². The predicted octanol–water partition coefficient (Wildman–Crippen LogP) is 3.21. The molecule has 1 heterocycles. The second-order valence-electron chi connectivity index (χ2n) is 6.54. The van der Waals surface area contributed by atoms with Crippen LogP contribution in [0.4, 0.5) is 0 Å². The molecule has 6 heteroatoms. The van der Waals surface area contributed by atoms with E-state index in [-0.39, 0.29) is 18.9 Å². The Morgan fingerprint density at radius 2 is 1.89 bits per heavy atom. The molecule has 27 heavy (non-hydrogen) atoms. The number of hydrogen-bond donors (Lipinski definition) is 2. The fourth-order valence-electron chi connectivity index (χ4n) is 2.79. The van der Waals surface area contributed by atoms with Crippen LogP contribution in [-0.2, 0) is 22.6 Å². The molecule has 0 saturated carbocycles. The summed E-state index contributed by atoms with van der Waals surface area (Å²) in [4.78, 5) is 27.8. The highest BCUT2D eigenvalue weighted by Gasteiger charge is 2.35. The third-order valence-corrected chi connectivity index (χ3v) is 4.82. The lowest BCUT2D eigenvalue weighted by Crippen LogP contribution is -2.42. The average molecular weight is 370 g/mol. The van der Waals surface area contributed by atoms with Crippen molar-refractivity contribution in [2.75, 3.05) is 6.54 Å². The van der Waals surface area contributed by atoms with Gasteiger partial charge in [0.05, 0.1) is 11.8 Å². The van der Waals surface area contributed by atoms with Crippen LogP contribution in [0.25, 0.3) is 0 Å². The number of amides is 1. The van der Waals surface area contributed by atoms with Crippen LogP contribution in [0.15, 0.2) is 48.8 Å². The van der Waals surface area contributed by atoms with E-state index in [0.29, 0.717) is 25.2 Å². The summed E-state index contributed by atoms with van der Waals surface area (Å²) in [6, 6.07) is 11.1. The van der Waals surface area contributed by atoms with Gasteiger partial charge >= 0.3 is 5.97 Å². The van der Waals surface area contributed by atoms with Crippen LogP contribution in [0.2, 0.25) is 0 Å². The van der Waals surface area contributed by atoms with Gasteiger partial charge in [0.25, 0.3) is 0 Å². The quantitative estimate of drug-likeness (QED) is 0.670. The maximum atomic E-state index is 12.3. The van der Waals surface area contributed by atoms with Crippen molar-refractivity contribution in [1.82, 2.24) is 10.3 Å². The van der Waals surface area contributed by atoms with Gasteiger partial charge in [-0.05, 0) is 36.6 Å². The van der Waals surface area contributed by atoms with Gasteiger partial charge in [0.1, 0.15) is 12.4 Å². The zero-order chi connectivity index (χ0) is 19.7. The summed E-state index contributed by atoms with van der Waals surface area (Å²) in [7, 11) is 0. The van der Waals surface area contributed by atoms with E-state index in [1.807, 2.05) is 50.2 Å². The summed E-state index contributed by atoms with van der Waals surface area (Å²) in [5, 5.41) is 12.2. The molecule has 0 aliphatic rings. The topological polar surface area (TPSA) is 88.5 Å². The SMILES string of the molecule is CCC(CC)(CNC(=O)Cc1cccc(OCc2cccnc2)c1)C(=O)O. The van der Waals surface area contributed by atoms with Crippen molar-refractivity contribution >= 4 is 11.9 Å². The first-order valence-corrected chi connectivity index (χ1v) is 9.10. The highest BCUT2D eigenvalue weighted by atomic mass is 16.5. The van der Waals surface area contributed by atoms with Gasteiger partial charge in [0, 0.05) is 24.5 Å². The smallest absolute Gasteiger partial charge is 0.311 e. The number of benzene rings is 1. The molecule has 1 amide bonds. The third kappa shape index (κ3) is 5.81. The van der Waals surface area contributed by atoms with E-state index in [4.69, 9.17) is 4.74 Å². The van der Waals surface area contributed by atoms with Crippen molar-refractivity contribution in [1.29, 1.82) is 0 Å². The number of pyridine rings is 1. The van der Waals surface area contributed by atoms with Crippen LogP contribution in [0.5, 0.6) is 5.75 Å². The van der Waals surface area contributed by atoms with E-state index in [1.54, 1.807) is 12.4 Å². The van der Waals surface area contributed by atoms with Crippen molar-refractivity contribution in [3.05, 3.63) is 59.9 Å². The summed E-state index contributed by atoms with van der Waals surface area (Å²) >= 11 is 0. The highest BCUT2D eigenvalue weighted by Crippen LogP contribution is 2.25. The first-order valence-electron chi connectivity index (χ1n) is 9.10. The minimum Gasteiger partial charge on any atom is -0.489 e. The van der Waals surface area contributed by atoms with Crippen LogP contribution < -0.4 is 10.1 Å². The number of aliphatic carboxylic acids is 1. The second-order valence-corrected chi connectivity index (χ2v) is 6.54. The maximum Gasteiger partial charge on any atom is 0.311 e. The fraction of sp³-hybridized carbons (Fsp3) is 0.381. The van der Waals surface area contributed by atoms with Crippen LogP contribution >= 0.6 is 0 Å². The van der Waals surface area contributed by atoms with Crippen molar-refractivity contribution in [2.24, 2.45) is 5.41 Å². The zero-order valence-electron chi connectivity index (χ0n) is 15.8. The molecule has 0 saturated heterocycles. The van der Waals surface area contributed by atoms with E-state index < -0.39 is 11.4 Å². The Kier molecular flexibility index (Phi) is 7.34. The standard InChI is InChI=1S/C21H26N2O4/c1-3-21(4-2,20(25)26)15-23-19(24)12-16-7-5-9-18(11-16)27-14-17-8-6-10-22-13-17/h5-11,13H,3-4,12,14-15H2,1-2H3,(H,23,24)(H,25,26). The summed E-state index contributed by atoms with van der Waals surface area (Å²) in [5.74, 6) is -0.406. The fourth-order valence-corrected chi connectivity index (χ4v) is 2.79. The van der Waals surface area contributed by atoms with Crippen LogP contribution in [0.3, 0.4) is 0 Å². The molecule has 0 aliphatic carbocycles. The third-order valence-electron chi connectivity index (χ3n) is 4.82. The molecule has 0 fully saturated rings. The van der Waals surface area contributed by atoms with Crippen molar-refractivity contribution in [3.63, 3.8) is 0 Å². The Bertz CT molecular complexity index is 758. The van der Waals surface area contributed by atoms with E-state index in [9.17, 15) is 14.7 Å². The number of hydrogen-bond acceptors (Lipinski definition) is 4. The normalized spacial score (nSPS) is 11.0. The van der Waals surface area contributed by atoms with Crippen LogP contribution in [0, 0.1) is 5.41 Å². The van der Waals surface area contributed by atoms with Gasteiger partial charge in [-0.3, -0.25) is 14.6 Å². The summed E-state index contributed by atoms with van der Waals surface area (Å²) in [5.41, 5.74) is 0.861. The lowest BCUT2D eigenvalue weighted by Gasteiger charge is -2.26. The summed E-state index contributed by atoms with van der Waals surface area (Å²) in [6.07, 6.45) is 4.56. The average Bonchev–Trinajstić information content (AvgIpc) is 2.68. The molecular weight excluding hydrogens is 344 g/mol. The molecule has 0 unspecified atom stereocenters. The molecule has 144 valence electrons. The number of nitrogens with zero attached hydrogens (tertiary/aromatic N) is 1. The number of rotatable bonds is 10. The molecule has 2 N–H and O–H groups in total. The van der Waals surface area contributed by atoms with Gasteiger partial charge in [-0.15, -0.1) is 0 Å². The number of carbonyl (C=O) groups excluding carboxylic acids is 1. The predicted molar refractivity (Wildman–Crippen MR) is 102 cm³/mol. The number of nitrogens with one attached hydrogen (secondary N) is 1. The van der Waals surface area contributed by atoms with Gasteiger partial charge in [0.2, 0.25) is 5.91 Å². The summed E-state index contributed by atoms with van der Waals surface area (Å²) in [6.45, 7) is 4.18. The Morgan fingerprint density at radius 1 is 1.15 bits per heavy atom. The molecule has 1 aromatic carbocycles. The molecule has 0 aliphatic heterocycles. The van der Waals surface area contributed by atoms with Gasteiger partial charge in [-0.2, -0.15) is 0 Å². The second kappa shape index (κ2) is 9.71. The molecule has 0 radical (unpaired) electrons. The Labute approximate surface area is 159 Å². The molecule has 0 spiro atoms. The Morgan fingerprint density at radius 3 is 2.52 bits per heavy atom. The monoisotopic (exact) mass is 370 g/mol. The minimum absolute atomic E-state index is 0.130. The number of carboxylic acids is 1. The molecule has 1 aromatic heterocycles. The molecular formula is C21H26N2O4. The number of carboxylic acid groups (broad SMARTS) is 1. The summed E-state index contributed by atoms with van der Waals surface area (Å²) < 4.78 is 5.75. The number of carbonyl (C=O) groups is 2. The van der Waals surface area contributed by atoms with E-state index in [2.05, 4.69) is 10.3 Å². The highest BCUT2D eigenvalue weighted by molar-refractivity contribution is 5.80.